The average Bonchev–Trinajstić information content (AvgIpc) is 3.34. The van der Waals surface area contributed by atoms with E-state index < -0.39 is 5.97 Å². The molecule has 2 aromatic carbocycles. The Morgan fingerprint density at radius 2 is 1.79 bits per heavy atom. The van der Waals surface area contributed by atoms with E-state index in [1.54, 1.807) is 6.07 Å². The van der Waals surface area contributed by atoms with E-state index in [0.29, 0.717) is 35.3 Å². The molecule has 6 nitrogen and oxygen atoms in total. The number of ether oxygens (including phenoxy) is 1. The Morgan fingerprint density at radius 1 is 0.952 bits per heavy atom. The van der Waals surface area contributed by atoms with Crippen molar-refractivity contribution in [1.29, 1.82) is 0 Å². The number of oxime groups is 1. The third-order valence-electron chi connectivity index (χ3n) is 11.5. The van der Waals surface area contributed by atoms with Crippen LogP contribution in [0.2, 0.25) is 0 Å². The van der Waals surface area contributed by atoms with Crippen LogP contribution in [0.25, 0.3) is 21.8 Å². The molecule has 1 heterocycles. The predicted octanol–water partition coefficient (Wildman–Crippen LogP) is 8.19. The number of hydrogen-bond acceptors (Lipinski definition) is 6. The fourth-order valence-corrected chi connectivity index (χ4v) is 9.15. The van der Waals surface area contributed by atoms with Gasteiger partial charge in [-0.2, -0.15) is 0 Å². The van der Waals surface area contributed by atoms with Gasteiger partial charge in [0.05, 0.1) is 22.3 Å². The van der Waals surface area contributed by atoms with Gasteiger partial charge in [-0.15, -0.1) is 0 Å². The molecule has 6 heteroatoms. The van der Waals surface area contributed by atoms with Crippen molar-refractivity contribution in [2.24, 2.45) is 33.7 Å². The third kappa shape index (κ3) is 4.37. The van der Waals surface area contributed by atoms with Gasteiger partial charge in [-0.3, -0.25) is 4.79 Å². The molecule has 7 rings (SSSR count). The van der Waals surface area contributed by atoms with Crippen molar-refractivity contribution < 1.29 is 19.2 Å². The summed E-state index contributed by atoms with van der Waals surface area (Å²) in [6, 6.07) is 15.6. The van der Waals surface area contributed by atoms with Crippen LogP contribution in [0.1, 0.15) is 88.9 Å². The topological polar surface area (TPSA) is 77.9 Å². The standard InChI is InChI=1S/C36H40N2O4/c1-4-32(39)41-31-15-14-28-26-13-12-24-21-25(16-18-35(24,2)29(26)17-19-36(28,31)3)38-42-34(40)27-10-7-9-23-20-22-8-5-6-11-30(22)37-33(23)27/h5-11,20-21,26,28-29,31H,4,12-19H2,1-3H3/b38-25-. The molecule has 42 heavy (non-hydrogen) atoms. The molecule has 0 amide bonds. The van der Waals surface area contributed by atoms with E-state index in [-0.39, 0.29) is 22.9 Å². The number of carbonyl (C=O) groups is 2. The maximum absolute atomic E-state index is 13.2. The van der Waals surface area contributed by atoms with E-state index >= 15 is 0 Å². The normalized spacial score (nSPS) is 33.0. The number of nitrogens with zero attached hydrogens (tertiary/aromatic N) is 2. The van der Waals surface area contributed by atoms with E-state index in [9.17, 15) is 9.59 Å². The molecule has 3 aromatic rings. The van der Waals surface area contributed by atoms with Crippen LogP contribution >= 0.6 is 0 Å². The molecule has 1 aromatic heterocycles. The first-order valence-corrected chi connectivity index (χ1v) is 15.8. The van der Waals surface area contributed by atoms with Gasteiger partial charge < -0.3 is 9.57 Å². The summed E-state index contributed by atoms with van der Waals surface area (Å²) in [5.41, 5.74) is 4.47. The van der Waals surface area contributed by atoms with E-state index in [2.05, 4.69) is 31.1 Å². The van der Waals surface area contributed by atoms with Crippen LogP contribution in [0.4, 0.5) is 0 Å². The van der Waals surface area contributed by atoms with Crippen molar-refractivity contribution in [3.63, 3.8) is 0 Å². The first-order chi connectivity index (χ1) is 20.3. The molecule has 3 fully saturated rings. The van der Waals surface area contributed by atoms with Crippen LogP contribution < -0.4 is 0 Å². The highest BCUT2D eigenvalue weighted by molar-refractivity contribution is 6.06. The summed E-state index contributed by atoms with van der Waals surface area (Å²) in [6.07, 6.45) is 11.2. The Morgan fingerprint density at radius 3 is 2.64 bits per heavy atom. The van der Waals surface area contributed by atoms with Gasteiger partial charge in [0, 0.05) is 22.6 Å². The molecule has 4 aliphatic carbocycles. The van der Waals surface area contributed by atoms with E-state index in [4.69, 9.17) is 14.6 Å². The Labute approximate surface area is 247 Å². The number of esters is 1. The molecular formula is C36H40N2O4. The second-order valence-electron chi connectivity index (χ2n) is 13.5. The molecule has 0 radical (unpaired) electrons. The van der Waals surface area contributed by atoms with Crippen molar-refractivity contribution in [2.45, 2.75) is 84.7 Å². The second kappa shape index (κ2) is 10.3. The Kier molecular flexibility index (Phi) is 6.71. The van der Waals surface area contributed by atoms with Gasteiger partial charge in [-0.25, -0.2) is 9.78 Å². The molecule has 218 valence electrons. The minimum Gasteiger partial charge on any atom is -0.462 e. The van der Waals surface area contributed by atoms with Crippen molar-refractivity contribution in [3.8, 4) is 0 Å². The molecule has 0 N–H and O–H groups in total. The van der Waals surface area contributed by atoms with Crippen molar-refractivity contribution in [1.82, 2.24) is 4.98 Å². The Hall–Kier alpha value is -3.54. The van der Waals surface area contributed by atoms with Gasteiger partial charge in [-0.05, 0) is 98.8 Å². The molecule has 3 saturated carbocycles. The lowest BCUT2D eigenvalue weighted by atomic mass is 9.47. The van der Waals surface area contributed by atoms with Gasteiger partial charge in [0.15, 0.2) is 0 Å². The highest BCUT2D eigenvalue weighted by Gasteiger charge is 2.59. The largest absolute Gasteiger partial charge is 0.462 e. The summed E-state index contributed by atoms with van der Waals surface area (Å²) in [5.74, 6) is 1.39. The highest BCUT2D eigenvalue weighted by Crippen LogP contribution is 2.65. The lowest BCUT2D eigenvalue weighted by Gasteiger charge is -2.58. The minimum absolute atomic E-state index is 0.0603. The lowest BCUT2D eigenvalue weighted by molar-refractivity contribution is -0.159. The number of allylic oxidation sites excluding steroid dienone is 2. The van der Waals surface area contributed by atoms with Crippen LogP contribution in [0.5, 0.6) is 0 Å². The Bertz CT molecular complexity index is 1640. The molecular weight excluding hydrogens is 524 g/mol. The molecule has 6 atom stereocenters. The smallest absolute Gasteiger partial charge is 0.367 e. The van der Waals surface area contributed by atoms with Crippen molar-refractivity contribution >= 4 is 39.5 Å². The van der Waals surface area contributed by atoms with Gasteiger partial charge in [-0.1, -0.05) is 61.8 Å². The van der Waals surface area contributed by atoms with Gasteiger partial charge in [0.2, 0.25) is 0 Å². The summed E-state index contributed by atoms with van der Waals surface area (Å²) >= 11 is 0. The zero-order valence-electron chi connectivity index (χ0n) is 24.9. The minimum atomic E-state index is -0.475. The summed E-state index contributed by atoms with van der Waals surface area (Å²) in [6.45, 7) is 6.72. The number of hydrogen-bond donors (Lipinski definition) is 0. The predicted molar refractivity (Wildman–Crippen MR) is 164 cm³/mol. The first-order valence-electron chi connectivity index (χ1n) is 15.8. The summed E-state index contributed by atoms with van der Waals surface area (Å²) < 4.78 is 5.97. The van der Waals surface area contributed by atoms with Gasteiger partial charge >= 0.3 is 11.9 Å². The van der Waals surface area contributed by atoms with Crippen LogP contribution in [0.15, 0.2) is 65.3 Å². The summed E-state index contributed by atoms with van der Waals surface area (Å²) in [7, 11) is 0. The van der Waals surface area contributed by atoms with Crippen LogP contribution in [-0.4, -0.2) is 28.7 Å². The summed E-state index contributed by atoms with van der Waals surface area (Å²) in [5, 5.41) is 6.32. The molecule has 0 saturated heterocycles. The van der Waals surface area contributed by atoms with Crippen LogP contribution in [-0.2, 0) is 14.4 Å². The highest BCUT2D eigenvalue weighted by atomic mass is 16.7. The molecule has 0 bridgehead atoms. The number of para-hydroxylation sites is 2. The number of pyridine rings is 1. The van der Waals surface area contributed by atoms with E-state index in [1.807, 2.05) is 43.3 Å². The van der Waals surface area contributed by atoms with Gasteiger partial charge in [0.25, 0.3) is 0 Å². The van der Waals surface area contributed by atoms with Crippen molar-refractivity contribution in [3.05, 3.63) is 65.7 Å². The number of aromatic nitrogens is 1. The number of carbonyl (C=O) groups excluding carboxylic acids is 2. The van der Waals surface area contributed by atoms with E-state index in [1.165, 1.54) is 18.4 Å². The van der Waals surface area contributed by atoms with E-state index in [0.717, 1.165) is 60.5 Å². The fourth-order valence-electron chi connectivity index (χ4n) is 9.15. The maximum atomic E-state index is 13.2. The number of benzene rings is 2. The molecule has 0 aliphatic heterocycles. The lowest BCUT2D eigenvalue weighted by Crippen LogP contribution is -2.51. The number of rotatable bonds is 4. The molecule has 4 aliphatic rings. The Balaban J connectivity index is 1.09. The van der Waals surface area contributed by atoms with Crippen molar-refractivity contribution in [2.75, 3.05) is 0 Å². The second-order valence-corrected chi connectivity index (χ2v) is 13.5. The zero-order valence-corrected chi connectivity index (χ0v) is 24.9. The van der Waals surface area contributed by atoms with Crippen LogP contribution in [0, 0.1) is 28.6 Å². The number of fused-ring (bicyclic) bond motifs is 7. The fraction of sp³-hybridized carbons (Fsp3) is 0.500. The first kappa shape index (κ1) is 27.3. The third-order valence-corrected chi connectivity index (χ3v) is 11.5. The maximum Gasteiger partial charge on any atom is 0.367 e. The monoisotopic (exact) mass is 564 g/mol. The molecule has 6 unspecified atom stereocenters. The average molecular weight is 565 g/mol. The SMILES string of the molecule is CCC(=O)OC1CCC2C3CCC4=C/C(=N\OC(=O)c5cccc6cc7ccccc7nc56)CCC4(C)C3CCC12C. The molecule has 0 spiro atoms. The quantitative estimate of drug-likeness (QED) is 0.138. The zero-order chi connectivity index (χ0) is 29.1. The van der Waals surface area contributed by atoms with Gasteiger partial charge in [0.1, 0.15) is 6.10 Å². The summed E-state index contributed by atoms with van der Waals surface area (Å²) in [4.78, 5) is 35.7. The van der Waals surface area contributed by atoms with Crippen LogP contribution in [0.3, 0.4) is 0 Å².